The molecule has 138 valence electrons. The van der Waals surface area contributed by atoms with E-state index >= 15 is 0 Å². The molecule has 7 heteroatoms. The van der Waals surface area contributed by atoms with E-state index in [-0.39, 0.29) is 12.1 Å². The van der Waals surface area contributed by atoms with E-state index in [0.717, 1.165) is 50.2 Å². The summed E-state index contributed by atoms with van der Waals surface area (Å²) in [5.41, 5.74) is 2.27. The van der Waals surface area contributed by atoms with Crippen molar-refractivity contribution in [1.82, 2.24) is 24.7 Å². The lowest BCUT2D eigenvalue weighted by atomic mass is 10.0. The minimum Gasteiger partial charge on any atom is -0.379 e. The quantitative estimate of drug-likeness (QED) is 0.808. The minimum atomic E-state index is 0.0574. The van der Waals surface area contributed by atoms with Crippen molar-refractivity contribution < 1.29 is 4.74 Å². The largest absolute Gasteiger partial charge is 0.379 e. The number of aromatic nitrogens is 2. The standard InChI is InChI=1S/C19H25N5OS/c1-22-8-4-6-16(22)18-17(15-5-2-3-7-20-15)21-19(26)24(18)10-9-23-11-13-25-14-12-23/h2-8,17-18H,9-14H2,1H3,(H,21,26)/t17-,18+/m1/s1. The summed E-state index contributed by atoms with van der Waals surface area (Å²) in [6, 6.07) is 10.5. The van der Waals surface area contributed by atoms with E-state index in [4.69, 9.17) is 17.0 Å². The average Bonchev–Trinajstić information content (AvgIpc) is 3.24. The first-order valence-corrected chi connectivity index (χ1v) is 9.54. The topological polar surface area (TPSA) is 45.6 Å². The van der Waals surface area contributed by atoms with Crippen molar-refractivity contribution in [3.05, 3.63) is 54.1 Å². The van der Waals surface area contributed by atoms with E-state index in [1.807, 2.05) is 18.3 Å². The molecule has 4 heterocycles. The smallest absolute Gasteiger partial charge is 0.170 e. The third kappa shape index (κ3) is 3.47. The fourth-order valence-corrected chi connectivity index (χ4v) is 4.16. The summed E-state index contributed by atoms with van der Waals surface area (Å²) in [7, 11) is 2.09. The van der Waals surface area contributed by atoms with Crippen LogP contribution in [0.3, 0.4) is 0 Å². The molecule has 4 rings (SSSR count). The Morgan fingerprint density at radius 3 is 2.73 bits per heavy atom. The Hall–Kier alpha value is -1.96. The van der Waals surface area contributed by atoms with Gasteiger partial charge in [0.25, 0.3) is 0 Å². The van der Waals surface area contributed by atoms with Crippen LogP contribution in [0.4, 0.5) is 0 Å². The predicted molar refractivity (Wildman–Crippen MR) is 105 cm³/mol. The van der Waals surface area contributed by atoms with Crippen LogP contribution in [0.2, 0.25) is 0 Å². The van der Waals surface area contributed by atoms with Gasteiger partial charge in [-0.1, -0.05) is 6.07 Å². The zero-order valence-corrected chi connectivity index (χ0v) is 15.9. The van der Waals surface area contributed by atoms with E-state index < -0.39 is 0 Å². The summed E-state index contributed by atoms with van der Waals surface area (Å²) in [4.78, 5) is 9.35. The molecule has 2 saturated heterocycles. The SMILES string of the molecule is Cn1cccc1[C@H]1[C@@H](c2ccccn2)NC(=S)N1CCN1CCOCC1. The summed E-state index contributed by atoms with van der Waals surface area (Å²) < 4.78 is 7.64. The fourth-order valence-electron chi connectivity index (χ4n) is 3.82. The maximum atomic E-state index is 5.71. The number of morpholine rings is 1. The van der Waals surface area contributed by atoms with Crippen molar-refractivity contribution >= 4 is 17.3 Å². The number of nitrogens with one attached hydrogen (secondary N) is 1. The van der Waals surface area contributed by atoms with Gasteiger partial charge in [0.1, 0.15) is 0 Å². The van der Waals surface area contributed by atoms with Crippen LogP contribution in [0.15, 0.2) is 42.7 Å². The molecule has 2 atom stereocenters. The number of hydrogen-bond donors (Lipinski definition) is 1. The third-order valence-electron chi connectivity index (χ3n) is 5.25. The van der Waals surface area contributed by atoms with E-state index in [0.29, 0.717) is 0 Å². The summed E-state index contributed by atoms with van der Waals surface area (Å²) in [6.07, 6.45) is 3.94. The van der Waals surface area contributed by atoms with Crippen LogP contribution in [0.25, 0.3) is 0 Å². The molecule has 0 aliphatic carbocycles. The van der Waals surface area contributed by atoms with Crippen molar-refractivity contribution in [3.63, 3.8) is 0 Å². The van der Waals surface area contributed by atoms with Crippen LogP contribution in [-0.2, 0) is 11.8 Å². The number of pyridine rings is 1. The van der Waals surface area contributed by atoms with E-state index in [1.165, 1.54) is 5.69 Å². The Balaban J connectivity index is 1.59. The van der Waals surface area contributed by atoms with Crippen molar-refractivity contribution in [2.45, 2.75) is 12.1 Å². The summed E-state index contributed by atoms with van der Waals surface area (Å²) in [5.74, 6) is 0. The highest BCUT2D eigenvalue weighted by molar-refractivity contribution is 7.80. The van der Waals surface area contributed by atoms with E-state index in [1.54, 1.807) is 0 Å². The molecule has 2 aromatic heterocycles. The molecule has 2 aliphatic heterocycles. The van der Waals surface area contributed by atoms with Gasteiger partial charge in [-0.25, -0.2) is 0 Å². The van der Waals surface area contributed by atoms with Gasteiger partial charge < -0.3 is 19.5 Å². The molecule has 0 aromatic carbocycles. The summed E-state index contributed by atoms with van der Waals surface area (Å²) in [5, 5.41) is 4.32. The first-order chi connectivity index (χ1) is 12.7. The Morgan fingerprint density at radius 2 is 2.04 bits per heavy atom. The van der Waals surface area contributed by atoms with Gasteiger partial charge in [0.2, 0.25) is 0 Å². The molecular weight excluding hydrogens is 346 g/mol. The zero-order valence-electron chi connectivity index (χ0n) is 15.0. The van der Waals surface area contributed by atoms with Crippen LogP contribution in [0.5, 0.6) is 0 Å². The lowest BCUT2D eigenvalue weighted by Gasteiger charge is -2.32. The number of thiocarbonyl (C=S) groups is 1. The number of aryl methyl sites for hydroxylation is 1. The van der Waals surface area contributed by atoms with Crippen LogP contribution in [-0.4, -0.2) is 63.9 Å². The van der Waals surface area contributed by atoms with E-state index in [2.05, 4.69) is 56.1 Å². The molecular formula is C19H25N5OS. The molecule has 0 amide bonds. The molecule has 6 nitrogen and oxygen atoms in total. The Kier molecular flexibility index (Phi) is 5.19. The molecule has 2 fully saturated rings. The maximum absolute atomic E-state index is 5.71. The summed E-state index contributed by atoms with van der Waals surface area (Å²) >= 11 is 5.71. The lowest BCUT2D eigenvalue weighted by molar-refractivity contribution is 0.0349. The molecule has 0 bridgehead atoms. The Labute approximate surface area is 159 Å². The van der Waals surface area contributed by atoms with E-state index in [9.17, 15) is 0 Å². The first-order valence-electron chi connectivity index (χ1n) is 9.13. The third-order valence-corrected chi connectivity index (χ3v) is 5.60. The summed E-state index contributed by atoms with van der Waals surface area (Å²) in [6.45, 7) is 5.51. The van der Waals surface area contributed by atoms with Gasteiger partial charge in [-0.2, -0.15) is 0 Å². The van der Waals surface area contributed by atoms with Gasteiger partial charge >= 0.3 is 0 Å². The second-order valence-electron chi connectivity index (χ2n) is 6.82. The molecule has 26 heavy (non-hydrogen) atoms. The molecule has 1 N–H and O–H groups in total. The Morgan fingerprint density at radius 1 is 1.19 bits per heavy atom. The van der Waals surface area contributed by atoms with Gasteiger partial charge in [-0.3, -0.25) is 9.88 Å². The predicted octanol–water partition coefficient (Wildman–Crippen LogP) is 1.72. The van der Waals surface area contributed by atoms with Gasteiger partial charge in [-0.05, 0) is 36.5 Å². The van der Waals surface area contributed by atoms with Crippen LogP contribution in [0.1, 0.15) is 23.5 Å². The molecule has 2 aliphatic rings. The second-order valence-corrected chi connectivity index (χ2v) is 7.20. The normalized spacial score (nSPS) is 24.0. The molecule has 0 unspecified atom stereocenters. The van der Waals surface area contributed by atoms with Crippen molar-refractivity contribution in [3.8, 4) is 0 Å². The van der Waals surface area contributed by atoms with Gasteiger partial charge in [-0.15, -0.1) is 0 Å². The van der Waals surface area contributed by atoms with Gasteiger partial charge in [0.05, 0.1) is 31.0 Å². The lowest BCUT2D eigenvalue weighted by Crippen LogP contribution is -2.42. The number of rotatable bonds is 5. The maximum Gasteiger partial charge on any atom is 0.170 e. The van der Waals surface area contributed by atoms with Gasteiger partial charge in [0.15, 0.2) is 5.11 Å². The van der Waals surface area contributed by atoms with Crippen LogP contribution < -0.4 is 5.32 Å². The number of ether oxygens (including phenoxy) is 1. The monoisotopic (exact) mass is 371 g/mol. The highest BCUT2D eigenvalue weighted by Crippen LogP contribution is 2.38. The zero-order chi connectivity index (χ0) is 17.9. The van der Waals surface area contributed by atoms with Crippen LogP contribution >= 0.6 is 12.2 Å². The van der Waals surface area contributed by atoms with Crippen LogP contribution in [0, 0.1) is 0 Å². The second kappa shape index (κ2) is 7.73. The number of hydrogen-bond acceptors (Lipinski definition) is 4. The van der Waals surface area contributed by atoms with Crippen molar-refractivity contribution in [1.29, 1.82) is 0 Å². The number of nitrogens with zero attached hydrogens (tertiary/aromatic N) is 4. The molecule has 0 radical (unpaired) electrons. The van der Waals surface area contributed by atoms with Gasteiger partial charge in [0, 0.05) is 51.3 Å². The van der Waals surface area contributed by atoms with Crippen molar-refractivity contribution in [2.24, 2.45) is 7.05 Å². The highest BCUT2D eigenvalue weighted by Gasteiger charge is 2.40. The first kappa shape index (κ1) is 17.5. The van der Waals surface area contributed by atoms with Crippen molar-refractivity contribution in [2.75, 3.05) is 39.4 Å². The molecule has 0 saturated carbocycles. The molecule has 2 aromatic rings. The minimum absolute atomic E-state index is 0.0574. The average molecular weight is 372 g/mol. The Bertz CT molecular complexity index is 743. The highest BCUT2D eigenvalue weighted by atomic mass is 32.1. The fraction of sp³-hybridized carbons (Fsp3) is 0.474. The molecule has 0 spiro atoms.